The molecule has 0 bridgehead atoms. The number of likely N-dealkylation sites (tertiary alicyclic amines) is 2. The van der Waals surface area contributed by atoms with Crippen LogP contribution in [0.25, 0.3) is 11.3 Å². The molecular formula is C33H43N9O4. The Morgan fingerprint density at radius 1 is 1.02 bits per heavy atom. The predicted molar refractivity (Wildman–Crippen MR) is 174 cm³/mol. The Hall–Kier alpha value is -4.52. The van der Waals surface area contributed by atoms with Crippen molar-refractivity contribution in [3.8, 4) is 17.0 Å². The highest BCUT2D eigenvalue weighted by atomic mass is 16.5. The first-order valence-electron chi connectivity index (χ1n) is 17.5. The van der Waals surface area contributed by atoms with Crippen molar-refractivity contribution in [3.05, 3.63) is 41.7 Å². The first-order chi connectivity index (χ1) is 23.5. The van der Waals surface area contributed by atoms with Crippen LogP contribution in [0.4, 0.5) is 17.2 Å². The fourth-order valence-corrected chi connectivity index (χ4v) is 6.31. The van der Waals surface area contributed by atoms with Crippen LogP contribution in [-0.4, -0.2) is 94.3 Å². The fourth-order valence-electron chi connectivity index (χ4n) is 6.31. The van der Waals surface area contributed by atoms with Crippen LogP contribution in [0.1, 0.15) is 70.0 Å². The van der Waals surface area contributed by atoms with Gasteiger partial charge in [-0.3, -0.25) is 19.1 Å². The number of hydrogen-bond acceptors (Lipinski definition) is 9. The van der Waals surface area contributed by atoms with Crippen LogP contribution in [0.2, 0.25) is 0 Å². The number of aromatic nitrogens is 4. The topological polar surface area (TPSA) is 147 Å². The molecule has 0 unspecified atom stereocenters. The maximum Gasteiger partial charge on any atom is 0.273 e. The van der Waals surface area contributed by atoms with Crippen molar-refractivity contribution in [2.45, 2.75) is 44.9 Å². The van der Waals surface area contributed by atoms with Crippen LogP contribution in [0.5, 0.6) is 5.75 Å². The van der Waals surface area contributed by atoms with Crippen molar-refractivity contribution >= 4 is 34.9 Å². The summed E-state index contributed by atoms with van der Waals surface area (Å²) in [5.41, 5.74) is 1.77. The third kappa shape index (κ3) is 6.99. The van der Waals surface area contributed by atoms with Crippen LogP contribution in [0.15, 0.2) is 30.3 Å². The van der Waals surface area contributed by atoms with Crippen molar-refractivity contribution in [2.75, 3.05) is 57.4 Å². The summed E-state index contributed by atoms with van der Waals surface area (Å²) >= 11 is 0. The van der Waals surface area contributed by atoms with Gasteiger partial charge in [0.05, 0.1) is 24.2 Å². The van der Waals surface area contributed by atoms with E-state index in [4.69, 9.17) is 8.85 Å². The van der Waals surface area contributed by atoms with E-state index < -0.39 is 12.9 Å². The number of nitrogens with one attached hydrogen (secondary N) is 3. The highest BCUT2D eigenvalue weighted by Crippen LogP contribution is 2.38. The number of piperidine rings is 1. The number of aryl methyl sites for hydroxylation is 1. The maximum absolute atomic E-state index is 13.6. The lowest BCUT2D eigenvalue weighted by molar-refractivity contribution is -0.117. The number of para-hydroxylation sites is 1. The Kier molecular flexibility index (Phi) is 8.36. The molecule has 6 rings (SSSR count). The zero-order valence-corrected chi connectivity index (χ0v) is 26.3. The molecule has 2 saturated heterocycles. The van der Waals surface area contributed by atoms with Crippen molar-refractivity contribution in [2.24, 2.45) is 18.9 Å². The Morgan fingerprint density at radius 2 is 1.80 bits per heavy atom. The van der Waals surface area contributed by atoms with E-state index in [2.05, 4.69) is 30.8 Å². The van der Waals surface area contributed by atoms with E-state index in [1.54, 1.807) is 36.0 Å². The van der Waals surface area contributed by atoms with E-state index in [9.17, 15) is 14.4 Å². The molecule has 13 heteroatoms. The Morgan fingerprint density at radius 3 is 2.52 bits per heavy atom. The molecule has 2 aliphatic heterocycles. The normalized spacial score (nSPS) is 18.4. The SMILES string of the molecule is [2H]C([2H])([2H])NC(=O)c1nnc(NC(=O)C2CC2)cc1Nc1cccc(-c2cc(C(=O)N3CCC(CCN4CCCC4)CC3)n(C)n2)c1OC. The van der Waals surface area contributed by atoms with Crippen molar-refractivity contribution in [1.29, 1.82) is 0 Å². The molecule has 0 spiro atoms. The third-order valence-electron chi connectivity index (χ3n) is 9.14. The van der Waals surface area contributed by atoms with Crippen LogP contribution >= 0.6 is 0 Å². The lowest BCUT2D eigenvalue weighted by atomic mass is 9.93. The number of rotatable bonds is 11. The van der Waals surface area contributed by atoms with Crippen LogP contribution < -0.4 is 20.7 Å². The number of carbonyl (C=O) groups excluding carboxylic acids is 3. The smallest absolute Gasteiger partial charge is 0.273 e. The van der Waals surface area contributed by atoms with Crippen molar-refractivity contribution in [1.82, 2.24) is 35.1 Å². The zero-order chi connectivity index (χ0) is 34.7. The summed E-state index contributed by atoms with van der Waals surface area (Å²) in [7, 11) is 3.23. The molecule has 1 aromatic carbocycles. The lowest BCUT2D eigenvalue weighted by Crippen LogP contribution is -2.39. The third-order valence-corrected chi connectivity index (χ3v) is 9.14. The van der Waals surface area contributed by atoms with Crippen molar-refractivity contribution < 1.29 is 23.2 Å². The predicted octanol–water partition coefficient (Wildman–Crippen LogP) is 3.68. The second-order valence-electron chi connectivity index (χ2n) is 12.3. The summed E-state index contributed by atoms with van der Waals surface area (Å²) in [6.45, 7) is 2.23. The second-order valence-corrected chi connectivity index (χ2v) is 12.3. The molecule has 2 aromatic heterocycles. The average molecular weight is 633 g/mol. The molecule has 13 nitrogen and oxygen atoms in total. The Labute approximate surface area is 273 Å². The molecule has 3 N–H and O–H groups in total. The van der Waals surface area contributed by atoms with Crippen LogP contribution in [0.3, 0.4) is 0 Å². The van der Waals surface area contributed by atoms with Gasteiger partial charge in [0, 0.05) is 48.8 Å². The van der Waals surface area contributed by atoms with E-state index >= 15 is 0 Å². The molecule has 3 aliphatic rings. The Bertz CT molecular complexity index is 1690. The molecule has 3 fully saturated rings. The number of carbonyl (C=O) groups is 3. The van der Waals surface area contributed by atoms with Gasteiger partial charge in [-0.2, -0.15) is 5.10 Å². The molecule has 0 atom stereocenters. The van der Waals surface area contributed by atoms with Crippen molar-refractivity contribution in [3.63, 3.8) is 0 Å². The van der Waals surface area contributed by atoms with Crippen LogP contribution in [-0.2, 0) is 11.8 Å². The number of nitrogens with zero attached hydrogens (tertiary/aromatic N) is 6. The van der Waals surface area contributed by atoms with Gasteiger partial charge in [0.15, 0.2) is 17.3 Å². The van der Waals surface area contributed by atoms with E-state index in [-0.39, 0.29) is 34.9 Å². The van der Waals surface area contributed by atoms with Gasteiger partial charge in [0.25, 0.3) is 11.8 Å². The van der Waals surface area contributed by atoms with Gasteiger partial charge in [0.1, 0.15) is 5.69 Å². The monoisotopic (exact) mass is 632 g/mol. The van der Waals surface area contributed by atoms with Gasteiger partial charge in [-0.25, -0.2) is 0 Å². The molecule has 1 saturated carbocycles. The minimum atomic E-state index is -2.76. The summed E-state index contributed by atoms with van der Waals surface area (Å²) in [6, 6.07) is 8.44. The molecule has 244 valence electrons. The van der Waals surface area contributed by atoms with E-state index in [0.29, 0.717) is 47.4 Å². The molecular weight excluding hydrogens is 586 g/mol. The van der Waals surface area contributed by atoms with E-state index in [1.165, 1.54) is 45.5 Å². The molecule has 4 heterocycles. The first-order valence-corrected chi connectivity index (χ1v) is 16.0. The lowest BCUT2D eigenvalue weighted by Gasteiger charge is -2.32. The number of benzene rings is 1. The second kappa shape index (κ2) is 13.9. The highest BCUT2D eigenvalue weighted by Gasteiger charge is 2.31. The summed E-state index contributed by atoms with van der Waals surface area (Å²) in [4.78, 5) is 43.4. The first kappa shape index (κ1) is 27.8. The standard InChI is InChI=1S/C33H43N9O4/c1-34-32(44)29-26(20-28(37-38-29)36-31(43)22-9-10-22)35-24-8-6-7-23(30(24)46-3)25-19-27(40(2)39-25)33(45)42-17-12-21(13-18-42)11-16-41-14-4-5-15-41/h6-8,19-22H,4-5,9-18H2,1-3H3,(H,34,44)(H2,35,36,37,43)/i1D3. The quantitative estimate of drug-likeness (QED) is 0.288. The fraction of sp³-hybridized carbons (Fsp3) is 0.515. The number of ether oxygens (including phenoxy) is 1. The molecule has 3 aromatic rings. The van der Waals surface area contributed by atoms with Gasteiger partial charge in [-0.1, -0.05) is 6.07 Å². The minimum Gasteiger partial charge on any atom is -0.494 e. The summed E-state index contributed by atoms with van der Waals surface area (Å²) in [5.74, 6) is -0.256. The number of anilines is 3. The van der Waals surface area contributed by atoms with Crippen LogP contribution in [0, 0.1) is 11.8 Å². The van der Waals surface area contributed by atoms with Gasteiger partial charge in [-0.05, 0) is 88.7 Å². The van der Waals surface area contributed by atoms with Gasteiger partial charge in [0.2, 0.25) is 5.91 Å². The zero-order valence-electron chi connectivity index (χ0n) is 29.3. The molecule has 3 amide bonds. The maximum atomic E-state index is 13.6. The molecule has 46 heavy (non-hydrogen) atoms. The van der Waals surface area contributed by atoms with E-state index in [1.807, 2.05) is 10.2 Å². The van der Waals surface area contributed by atoms with Gasteiger partial charge >= 0.3 is 0 Å². The Balaban J connectivity index is 1.20. The van der Waals surface area contributed by atoms with E-state index in [0.717, 1.165) is 32.2 Å². The summed E-state index contributed by atoms with van der Waals surface area (Å²) in [6.07, 6.45) is 7.33. The average Bonchev–Trinajstić information content (AvgIpc) is 3.66. The summed E-state index contributed by atoms with van der Waals surface area (Å²) in [5, 5.41) is 20.3. The van der Waals surface area contributed by atoms with Gasteiger partial charge in [-0.15, -0.1) is 10.2 Å². The molecule has 0 radical (unpaired) electrons. The molecule has 1 aliphatic carbocycles. The summed E-state index contributed by atoms with van der Waals surface area (Å²) < 4.78 is 29.8. The number of methoxy groups -OCH3 is 1. The number of amides is 3. The largest absolute Gasteiger partial charge is 0.494 e. The number of hydrogen-bond donors (Lipinski definition) is 3. The highest BCUT2D eigenvalue weighted by molar-refractivity contribution is 6.00. The van der Waals surface area contributed by atoms with Gasteiger partial charge < -0.3 is 30.5 Å². The minimum absolute atomic E-state index is 0.0685.